The summed E-state index contributed by atoms with van der Waals surface area (Å²) in [6.45, 7) is 6.96. The summed E-state index contributed by atoms with van der Waals surface area (Å²) >= 11 is 6.21. The molecule has 2 atom stereocenters. The van der Waals surface area contributed by atoms with E-state index < -0.39 is 11.7 Å². The molecule has 0 bridgehead atoms. The fourth-order valence-corrected chi connectivity index (χ4v) is 3.37. The number of carbonyl (C=O) groups excluding carboxylic acids is 2. The molecule has 8 heteroatoms. The minimum absolute atomic E-state index is 0.0800. The van der Waals surface area contributed by atoms with Gasteiger partial charge in [-0.3, -0.25) is 9.59 Å². The van der Waals surface area contributed by atoms with E-state index in [9.17, 15) is 9.59 Å². The largest absolute Gasteiger partial charge is 0.453 e. The lowest BCUT2D eigenvalue weighted by atomic mass is 10.0. The highest BCUT2D eigenvalue weighted by Crippen LogP contribution is 2.37. The first kappa shape index (κ1) is 23.6. The number of rotatable bonds is 9. The Bertz CT molecular complexity index is 936. The van der Waals surface area contributed by atoms with Gasteiger partial charge in [-0.05, 0) is 50.1 Å². The van der Waals surface area contributed by atoms with E-state index in [2.05, 4.69) is 10.6 Å². The van der Waals surface area contributed by atoms with Crippen LogP contribution in [0.4, 0.5) is 10.1 Å². The zero-order chi connectivity index (χ0) is 22.4. The van der Waals surface area contributed by atoms with Crippen LogP contribution in [0.15, 0.2) is 30.3 Å². The van der Waals surface area contributed by atoms with Crippen molar-refractivity contribution in [3.8, 4) is 11.5 Å². The van der Waals surface area contributed by atoms with Crippen molar-refractivity contribution in [1.82, 2.24) is 5.32 Å². The molecule has 0 heterocycles. The molecule has 0 saturated carbocycles. The van der Waals surface area contributed by atoms with Crippen molar-refractivity contribution in [2.24, 2.45) is 5.73 Å². The third-order valence-corrected chi connectivity index (χ3v) is 4.88. The smallest absolute Gasteiger partial charge is 0.221 e. The molecule has 0 aliphatic rings. The average molecular weight is 436 g/mol. The molecule has 0 aromatic heterocycles. The van der Waals surface area contributed by atoms with E-state index >= 15 is 4.39 Å². The number of halogens is 2. The van der Waals surface area contributed by atoms with Crippen LogP contribution in [0.3, 0.4) is 0 Å². The van der Waals surface area contributed by atoms with Gasteiger partial charge in [0.25, 0.3) is 0 Å². The predicted molar refractivity (Wildman–Crippen MR) is 116 cm³/mol. The van der Waals surface area contributed by atoms with Gasteiger partial charge in [-0.25, -0.2) is 4.39 Å². The Morgan fingerprint density at radius 3 is 2.53 bits per heavy atom. The minimum atomic E-state index is -0.572. The summed E-state index contributed by atoms with van der Waals surface area (Å²) in [5.41, 5.74) is 7.05. The van der Waals surface area contributed by atoms with E-state index in [1.165, 1.54) is 6.92 Å². The standard InChI is InChI=1S/C22H27ClFN3O3/c1-5-18(26-13(3)11-20(25)29)16-7-8-17(23)22(21(16)24)30-15-6-9-19(12(2)10-15)27-14(4)28/h6-10,13,18,26H,5,11H2,1-4H3,(H2,25,29)(H,27,28)/t13-,18-/m1/s1. The van der Waals surface area contributed by atoms with Gasteiger partial charge in [-0.2, -0.15) is 0 Å². The lowest BCUT2D eigenvalue weighted by Gasteiger charge is -2.23. The van der Waals surface area contributed by atoms with Gasteiger partial charge in [-0.1, -0.05) is 24.6 Å². The van der Waals surface area contributed by atoms with Crippen molar-refractivity contribution in [1.29, 1.82) is 0 Å². The Balaban J connectivity index is 2.30. The second-order valence-corrected chi connectivity index (χ2v) is 7.65. The molecule has 6 nitrogen and oxygen atoms in total. The number of anilines is 1. The number of aryl methyl sites for hydroxylation is 1. The van der Waals surface area contributed by atoms with Gasteiger partial charge in [0.15, 0.2) is 11.6 Å². The third-order valence-electron chi connectivity index (χ3n) is 4.58. The number of primary amides is 1. The van der Waals surface area contributed by atoms with Crippen molar-refractivity contribution >= 4 is 29.1 Å². The fraction of sp³-hybridized carbons (Fsp3) is 0.364. The summed E-state index contributed by atoms with van der Waals surface area (Å²) in [6.07, 6.45) is 0.737. The Kier molecular flexibility index (Phi) is 8.20. The van der Waals surface area contributed by atoms with Crippen LogP contribution in [0.1, 0.15) is 50.8 Å². The minimum Gasteiger partial charge on any atom is -0.453 e. The summed E-state index contributed by atoms with van der Waals surface area (Å²) in [5.74, 6) is -0.871. The van der Waals surface area contributed by atoms with Gasteiger partial charge in [0.1, 0.15) is 5.75 Å². The molecule has 2 aromatic rings. The van der Waals surface area contributed by atoms with Crippen LogP contribution < -0.4 is 21.1 Å². The third kappa shape index (κ3) is 6.18. The molecular weight excluding hydrogens is 409 g/mol. The number of hydrogen-bond acceptors (Lipinski definition) is 4. The number of carbonyl (C=O) groups is 2. The highest BCUT2D eigenvalue weighted by atomic mass is 35.5. The van der Waals surface area contributed by atoms with E-state index in [1.807, 2.05) is 20.8 Å². The highest BCUT2D eigenvalue weighted by molar-refractivity contribution is 6.32. The van der Waals surface area contributed by atoms with Crippen molar-refractivity contribution in [3.05, 3.63) is 52.3 Å². The van der Waals surface area contributed by atoms with Crippen molar-refractivity contribution in [2.75, 3.05) is 5.32 Å². The van der Waals surface area contributed by atoms with E-state index in [0.717, 1.165) is 5.56 Å². The number of benzene rings is 2. The van der Waals surface area contributed by atoms with Crippen LogP contribution in [0.25, 0.3) is 0 Å². The molecule has 30 heavy (non-hydrogen) atoms. The molecule has 2 aromatic carbocycles. The van der Waals surface area contributed by atoms with Gasteiger partial charge in [0, 0.05) is 36.7 Å². The van der Waals surface area contributed by atoms with Crippen LogP contribution >= 0.6 is 11.6 Å². The normalized spacial score (nSPS) is 12.9. The van der Waals surface area contributed by atoms with Gasteiger partial charge in [0.2, 0.25) is 11.8 Å². The first-order valence-corrected chi connectivity index (χ1v) is 10.1. The van der Waals surface area contributed by atoms with Crippen LogP contribution in [0, 0.1) is 12.7 Å². The molecule has 0 fully saturated rings. The maximum Gasteiger partial charge on any atom is 0.221 e. The van der Waals surface area contributed by atoms with Gasteiger partial charge < -0.3 is 21.1 Å². The van der Waals surface area contributed by atoms with Crippen LogP contribution in [-0.4, -0.2) is 17.9 Å². The molecule has 4 N–H and O–H groups in total. The van der Waals surface area contributed by atoms with Gasteiger partial charge in [-0.15, -0.1) is 0 Å². The Hall–Kier alpha value is -2.64. The lowest BCUT2D eigenvalue weighted by Crippen LogP contribution is -2.34. The first-order valence-electron chi connectivity index (χ1n) is 9.70. The molecule has 162 valence electrons. The molecule has 0 aliphatic carbocycles. The zero-order valence-corrected chi connectivity index (χ0v) is 18.3. The Morgan fingerprint density at radius 1 is 1.27 bits per heavy atom. The van der Waals surface area contributed by atoms with E-state index in [0.29, 0.717) is 23.4 Å². The van der Waals surface area contributed by atoms with E-state index in [4.69, 9.17) is 22.1 Å². The van der Waals surface area contributed by atoms with Gasteiger partial charge in [0.05, 0.1) is 5.02 Å². The maximum absolute atomic E-state index is 15.3. The maximum atomic E-state index is 15.3. The molecule has 0 aliphatic heterocycles. The lowest BCUT2D eigenvalue weighted by molar-refractivity contribution is -0.118. The van der Waals surface area contributed by atoms with Crippen molar-refractivity contribution in [2.45, 2.75) is 52.6 Å². The molecule has 2 amide bonds. The van der Waals surface area contributed by atoms with Crippen molar-refractivity contribution < 1.29 is 18.7 Å². The van der Waals surface area contributed by atoms with Crippen LogP contribution in [-0.2, 0) is 9.59 Å². The highest BCUT2D eigenvalue weighted by Gasteiger charge is 2.22. The number of nitrogens with one attached hydrogen (secondary N) is 2. The number of nitrogens with two attached hydrogens (primary N) is 1. The SMILES string of the molecule is CC[C@@H](N[C@H](C)CC(N)=O)c1ccc(Cl)c(Oc2ccc(NC(C)=O)c(C)c2)c1F. The topological polar surface area (TPSA) is 93.4 Å². The second kappa shape index (κ2) is 10.4. The van der Waals surface area contributed by atoms with Gasteiger partial charge >= 0.3 is 0 Å². The quantitative estimate of drug-likeness (QED) is 0.525. The van der Waals surface area contributed by atoms with E-state index in [-0.39, 0.29) is 35.2 Å². The molecule has 0 spiro atoms. The summed E-state index contributed by atoms with van der Waals surface area (Å²) in [7, 11) is 0. The average Bonchev–Trinajstić information content (AvgIpc) is 2.65. The van der Waals surface area contributed by atoms with E-state index in [1.54, 1.807) is 30.3 Å². The summed E-state index contributed by atoms with van der Waals surface area (Å²) in [5, 5.41) is 6.07. The fourth-order valence-electron chi connectivity index (χ4n) is 3.19. The number of ether oxygens (including phenoxy) is 1. The molecule has 0 unspecified atom stereocenters. The summed E-state index contributed by atoms with van der Waals surface area (Å²) in [4.78, 5) is 22.4. The monoisotopic (exact) mass is 435 g/mol. The Labute approximate surface area is 180 Å². The van der Waals surface area contributed by atoms with Crippen LogP contribution in [0.5, 0.6) is 11.5 Å². The molecule has 0 radical (unpaired) electrons. The first-order chi connectivity index (χ1) is 14.1. The summed E-state index contributed by atoms with van der Waals surface area (Å²) < 4.78 is 21.1. The summed E-state index contributed by atoms with van der Waals surface area (Å²) in [6, 6.07) is 7.64. The van der Waals surface area contributed by atoms with Crippen LogP contribution in [0.2, 0.25) is 5.02 Å². The zero-order valence-electron chi connectivity index (χ0n) is 17.5. The number of amides is 2. The predicted octanol–water partition coefficient (Wildman–Crippen LogP) is 4.84. The molecule has 2 rings (SSSR count). The number of hydrogen-bond donors (Lipinski definition) is 3. The second-order valence-electron chi connectivity index (χ2n) is 7.24. The molecular formula is C22H27ClFN3O3. The van der Waals surface area contributed by atoms with Crippen molar-refractivity contribution in [3.63, 3.8) is 0 Å². The Morgan fingerprint density at radius 2 is 1.97 bits per heavy atom. The molecule has 0 saturated heterocycles.